The Morgan fingerprint density at radius 1 is 1.00 bits per heavy atom. The molecule has 1 aromatic heterocycles. The first-order valence-corrected chi connectivity index (χ1v) is 9.69. The van der Waals surface area contributed by atoms with Crippen molar-refractivity contribution < 1.29 is 18.6 Å². The second-order valence-corrected chi connectivity index (χ2v) is 7.01. The van der Waals surface area contributed by atoms with Crippen LogP contribution in [0.1, 0.15) is 24.4 Å². The fourth-order valence-corrected chi connectivity index (χ4v) is 3.77. The topological polar surface area (TPSA) is 56.7 Å². The van der Waals surface area contributed by atoms with Crippen LogP contribution < -0.4 is 19.1 Å². The Morgan fingerprint density at radius 2 is 1.83 bits per heavy atom. The molecule has 29 heavy (non-hydrogen) atoms. The van der Waals surface area contributed by atoms with E-state index in [1.807, 2.05) is 6.07 Å². The van der Waals surface area contributed by atoms with E-state index in [4.69, 9.17) is 14.2 Å². The summed E-state index contributed by atoms with van der Waals surface area (Å²) < 4.78 is 30.2. The Balaban J connectivity index is 1.39. The lowest BCUT2D eigenvalue weighted by Gasteiger charge is -2.26. The molecule has 6 nitrogen and oxygen atoms in total. The fraction of sp³-hybridized carbons (Fsp3) is 0.273. The van der Waals surface area contributed by atoms with Crippen LogP contribution in [0.4, 0.5) is 10.3 Å². The van der Waals surface area contributed by atoms with Gasteiger partial charge in [0.15, 0.2) is 11.5 Å². The number of hydrogen-bond acceptors (Lipinski definition) is 6. The lowest BCUT2D eigenvalue weighted by Crippen LogP contribution is -2.25. The average Bonchev–Trinajstić information content (AvgIpc) is 3.25. The van der Waals surface area contributed by atoms with Gasteiger partial charge in [-0.3, -0.25) is 0 Å². The second-order valence-electron chi connectivity index (χ2n) is 7.01. The Kier molecular flexibility index (Phi) is 4.63. The van der Waals surface area contributed by atoms with Gasteiger partial charge in [0.2, 0.25) is 11.8 Å². The quantitative estimate of drug-likeness (QED) is 0.650. The van der Waals surface area contributed by atoms with Crippen molar-refractivity contribution >= 4 is 5.95 Å². The Labute approximate surface area is 167 Å². The van der Waals surface area contributed by atoms with Gasteiger partial charge in [-0.2, -0.15) is 4.98 Å². The van der Waals surface area contributed by atoms with Crippen LogP contribution in [0.15, 0.2) is 54.7 Å². The minimum atomic E-state index is -0.305. The molecule has 0 bridgehead atoms. The normalized spacial score (nSPS) is 18.0. The number of ether oxygens (including phenoxy) is 3. The van der Waals surface area contributed by atoms with Crippen LogP contribution in [-0.4, -0.2) is 29.7 Å². The van der Waals surface area contributed by atoms with Crippen LogP contribution in [0.2, 0.25) is 0 Å². The molecule has 1 saturated heterocycles. The summed E-state index contributed by atoms with van der Waals surface area (Å²) in [6, 6.07) is 13.8. The maximum absolute atomic E-state index is 13.1. The zero-order chi connectivity index (χ0) is 19.6. The molecule has 148 valence electrons. The van der Waals surface area contributed by atoms with E-state index in [0.29, 0.717) is 30.8 Å². The molecule has 1 unspecified atom stereocenters. The number of aromatic nitrogens is 2. The molecule has 3 aromatic rings. The molecule has 2 aromatic carbocycles. The summed E-state index contributed by atoms with van der Waals surface area (Å²) in [5.41, 5.74) is 1.15. The van der Waals surface area contributed by atoms with Crippen LogP contribution in [0.5, 0.6) is 23.1 Å². The molecule has 0 aliphatic carbocycles. The van der Waals surface area contributed by atoms with Crippen molar-refractivity contribution in [3.05, 3.63) is 66.1 Å². The molecule has 0 amide bonds. The van der Waals surface area contributed by atoms with Gasteiger partial charge in [0, 0.05) is 18.8 Å². The summed E-state index contributed by atoms with van der Waals surface area (Å²) in [4.78, 5) is 11.2. The van der Waals surface area contributed by atoms with Crippen molar-refractivity contribution in [3.8, 4) is 23.1 Å². The molecule has 2 aliphatic rings. The molecule has 0 saturated carbocycles. The van der Waals surface area contributed by atoms with Gasteiger partial charge >= 0.3 is 0 Å². The third-order valence-corrected chi connectivity index (χ3v) is 5.11. The zero-order valence-electron chi connectivity index (χ0n) is 15.8. The van der Waals surface area contributed by atoms with Gasteiger partial charge in [-0.25, -0.2) is 9.37 Å². The molecule has 5 rings (SSSR count). The highest BCUT2D eigenvalue weighted by atomic mass is 19.1. The molecule has 0 N–H and O–H groups in total. The van der Waals surface area contributed by atoms with E-state index in [2.05, 4.69) is 27.0 Å². The predicted molar refractivity (Wildman–Crippen MR) is 105 cm³/mol. The number of fused-ring (bicyclic) bond motifs is 1. The summed E-state index contributed by atoms with van der Waals surface area (Å²) in [5.74, 6) is 2.84. The molecule has 7 heteroatoms. The third-order valence-electron chi connectivity index (χ3n) is 5.11. The molecular weight excluding hydrogens is 373 g/mol. The van der Waals surface area contributed by atoms with E-state index < -0.39 is 0 Å². The maximum atomic E-state index is 13.1. The van der Waals surface area contributed by atoms with Gasteiger partial charge in [-0.15, -0.1) is 0 Å². The van der Waals surface area contributed by atoms with Crippen molar-refractivity contribution in [1.82, 2.24) is 9.97 Å². The highest BCUT2D eigenvalue weighted by molar-refractivity contribution is 5.48. The van der Waals surface area contributed by atoms with E-state index in [9.17, 15) is 4.39 Å². The smallest absolute Gasteiger partial charge is 0.229 e. The van der Waals surface area contributed by atoms with Gasteiger partial charge in [-0.1, -0.05) is 6.07 Å². The Hall–Kier alpha value is -3.35. The van der Waals surface area contributed by atoms with Crippen molar-refractivity contribution in [2.75, 3.05) is 24.7 Å². The minimum Gasteiger partial charge on any atom is -0.486 e. The third kappa shape index (κ3) is 3.68. The number of halogens is 1. The molecule has 0 radical (unpaired) electrons. The number of hydrogen-bond donors (Lipinski definition) is 0. The summed E-state index contributed by atoms with van der Waals surface area (Å²) in [5, 5.41) is 0. The number of benzene rings is 2. The summed E-state index contributed by atoms with van der Waals surface area (Å²) in [7, 11) is 0. The summed E-state index contributed by atoms with van der Waals surface area (Å²) in [6.07, 6.45) is 3.73. The first kappa shape index (κ1) is 17.7. The molecule has 1 fully saturated rings. The predicted octanol–water partition coefficient (Wildman–Crippen LogP) is 4.52. The van der Waals surface area contributed by atoms with Crippen molar-refractivity contribution in [2.24, 2.45) is 0 Å². The van der Waals surface area contributed by atoms with Gasteiger partial charge < -0.3 is 19.1 Å². The van der Waals surface area contributed by atoms with Gasteiger partial charge in [0.1, 0.15) is 24.8 Å². The highest BCUT2D eigenvalue weighted by Crippen LogP contribution is 2.39. The van der Waals surface area contributed by atoms with E-state index in [-0.39, 0.29) is 11.9 Å². The maximum Gasteiger partial charge on any atom is 0.229 e. The standard InChI is InChI=1S/C22H20FN3O3/c23-16-4-6-17(7-5-16)29-21-9-10-24-22(25-21)26-11-1-2-18(26)15-3-8-19-20(14-15)28-13-12-27-19/h3-10,14,18H,1-2,11-13H2. The lowest BCUT2D eigenvalue weighted by molar-refractivity contribution is 0.171. The minimum absolute atomic E-state index is 0.159. The first-order chi connectivity index (χ1) is 14.3. The van der Waals surface area contributed by atoms with E-state index >= 15 is 0 Å². The van der Waals surface area contributed by atoms with Crippen molar-refractivity contribution in [3.63, 3.8) is 0 Å². The fourth-order valence-electron chi connectivity index (χ4n) is 3.77. The van der Waals surface area contributed by atoms with Crippen LogP contribution in [0.3, 0.4) is 0 Å². The van der Waals surface area contributed by atoms with E-state index in [1.165, 1.54) is 12.1 Å². The van der Waals surface area contributed by atoms with Crippen LogP contribution >= 0.6 is 0 Å². The first-order valence-electron chi connectivity index (χ1n) is 9.69. The lowest BCUT2D eigenvalue weighted by atomic mass is 10.0. The Morgan fingerprint density at radius 3 is 2.69 bits per heavy atom. The number of rotatable bonds is 4. The molecule has 3 heterocycles. The summed E-state index contributed by atoms with van der Waals surface area (Å²) >= 11 is 0. The van der Waals surface area contributed by atoms with Gasteiger partial charge in [0.25, 0.3) is 0 Å². The molecule has 1 atom stereocenters. The van der Waals surface area contributed by atoms with Crippen LogP contribution in [0, 0.1) is 5.82 Å². The van der Waals surface area contributed by atoms with Gasteiger partial charge in [0.05, 0.1) is 6.04 Å². The highest BCUT2D eigenvalue weighted by Gasteiger charge is 2.29. The number of anilines is 1. The molecular formula is C22H20FN3O3. The van der Waals surface area contributed by atoms with Crippen LogP contribution in [-0.2, 0) is 0 Å². The summed E-state index contributed by atoms with van der Waals surface area (Å²) in [6.45, 7) is 2.01. The van der Waals surface area contributed by atoms with E-state index in [1.54, 1.807) is 24.4 Å². The van der Waals surface area contributed by atoms with E-state index in [0.717, 1.165) is 36.4 Å². The Bertz CT molecular complexity index is 1010. The van der Waals surface area contributed by atoms with Crippen molar-refractivity contribution in [2.45, 2.75) is 18.9 Å². The van der Waals surface area contributed by atoms with Crippen LogP contribution in [0.25, 0.3) is 0 Å². The number of nitrogens with zero attached hydrogens (tertiary/aromatic N) is 3. The zero-order valence-corrected chi connectivity index (χ0v) is 15.8. The van der Waals surface area contributed by atoms with Crippen molar-refractivity contribution in [1.29, 1.82) is 0 Å². The second kappa shape index (κ2) is 7.58. The average molecular weight is 393 g/mol. The molecule has 0 spiro atoms. The molecule has 2 aliphatic heterocycles. The largest absolute Gasteiger partial charge is 0.486 e. The van der Waals surface area contributed by atoms with Gasteiger partial charge in [-0.05, 0) is 54.8 Å². The SMILES string of the molecule is Fc1ccc(Oc2ccnc(N3CCCC3c3ccc4c(c3)OCCO4)n2)cc1. The monoisotopic (exact) mass is 393 g/mol.